The standard InChI is InChI=1S/C15H25N3O2/c16-9-4-7-14(17)15(20)18(11-12-19)10-8-13-5-2-1-3-6-13/h1-3,5-6,14,19H,4,7-12,16-17H2/t14-/m1/s1. The molecule has 0 unspecified atom stereocenters. The van der Waals surface area contributed by atoms with Gasteiger partial charge in [0, 0.05) is 13.1 Å². The van der Waals surface area contributed by atoms with Crippen LogP contribution in [0.3, 0.4) is 0 Å². The number of amides is 1. The number of carbonyl (C=O) groups excluding carboxylic acids is 1. The Kier molecular flexibility index (Phi) is 7.87. The molecule has 1 aromatic carbocycles. The van der Waals surface area contributed by atoms with Crippen molar-refractivity contribution in [2.24, 2.45) is 11.5 Å². The van der Waals surface area contributed by atoms with Crippen LogP contribution in [0.4, 0.5) is 0 Å². The van der Waals surface area contributed by atoms with Crippen LogP contribution in [0, 0.1) is 0 Å². The van der Waals surface area contributed by atoms with Crippen molar-refractivity contribution < 1.29 is 9.90 Å². The zero-order chi connectivity index (χ0) is 14.8. The highest BCUT2D eigenvalue weighted by Gasteiger charge is 2.19. The molecule has 112 valence electrons. The Bertz CT molecular complexity index is 384. The molecule has 1 atom stereocenters. The summed E-state index contributed by atoms with van der Waals surface area (Å²) in [5.41, 5.74) is 12.5. The number of aliphatic hydroxyl groups is 1. The molecule has 0 radical (unpaired) electrons. The maximum atomic E-state index is 12.2. The van der Waals surface area contributed by atoms with Crippen LogP contribution in [0.25, 0.3) is 0 Å². The van der Waals surface area contributed by atoms with Crippen molar-refractivity contribution in [2.45, 2.75) is 25.3 Å². The first-order valence-corrected chi connectivity index (χ1v) is 7.08. The lowest BCUT2D eigenvalue weighted by molar-refractivity contribution is -0.133. The highest BCUT2D eigenvalue weighted by molar-refractivity contribution is 5.81. The second-order valence-electron chi connectivity index (χ2n) is 4.82. The van der Waals surface area contributed by atoms with Crippen LogP contribution in [0.2, 0.25) is 0 Å². The Morgan fingerprint density at radius 2 is 1.95 bits per heavy atom. The molecule has 0 aliphatic carbocycles. The monoisotopic (exact) mass is 279 g/mol. The molecule has 5 N–H and O–H groups in total. The second kappa shape index (κ2) is 9.47. The van der Waals surface area contributed by atoms with Crippen LogP contribution in [-0.2, 0) is 11.2 Å². The van der Waals surface area contributed by atoms with Crippen molar-refractivity contribution >= 4 is 5.91 Å². The van der Waals surface area contributed by atoms with Crippen molar-refractivity contribution in [3.8, 4) is 0 Å². The third kappa shape index (κ3) is 5.69. The highest BCUT2D eigenvalue weighted by atomic mass is 16.3. The summed E-state index contributed by atoms with van der Waals surface area (Å²) in [5, 5.41) is 9.09. The summed E-state index contributed by atoms with van der Waals surface area (Å²) < 4.78 is 0. The Hall–Kier alpha value is -1.43. The fourth-order valence-corrected chi connectivity index (χ4v) is 2.06. The number of hydrogen-bond acceptors (Lipinski definition) is 4. The van der Waals surface area contributed by atoms with E-state index in [-0.39, 0.29) is 12.5 Å². The SMILES string of the molecule is NCCC[C@@H](N)C(=O)N(CCO)CCc1ccccc1. The van der Waals surface area contributed by atoms with Gasteiger partial charge in [0.25, 0.3) is 0 Å². The van der Waals surface area contributed by atoms with Gasteiger partial charge in [-0.2, -0.15) is 0 Å². The van der Waals surface area contributed by atoms with Gasteiger partial charge < -0.3 is 21.5 Å². The summed E-state index contributed by atoms with van der Waals surface area (Å²) in [4.78, 5) is 13.8. The minimum absolute atomic E-state index is 0.0514. The topological polar surface area (TPSA) is 92.6 Å². The van der Waals surface area contributed by atoms with E-state index in [2.05, 4.69) is 0 Å². The lowest BCUT2D eigenvalue weighted by atomic mass is 10.1. The summed E-state index contributed by atoms with van der Waals surface area (Å²) in [5.74, 6) is -0.108. The molecule has 5 heteroatoms. The molecule has 0 aliphatic rings. The Morgan fingerprint density at radius 1 is 1.25 bits per heavy atom. The van der Waals surface area contributed by atoms with E-state index in [0.717, 1.165) is 12.8 Å². The van der Waals surface area contributed by atoms with E-state index >= 15 is 0 Å². The van der Waals surface area contributed by atoms with Gasteiger partial charge in [0.2, 0.25) is 5.91 Å². The summed E-state index contributed by atoms with van der Waals surface area (Å²) in [6.45, 7) is 1.37. The van der Waals surface area contributed by atoms with E-state index in [1.54, 1.807) is 4.90 Å². The van der Waals surface area contributed by atoms with E-state index < -0.39 is 6.04 Å². The highest BCUT2D eigenvalue weighted by Crippen LogP contribution is 2.04. The average Bonchev–Trinajstić information content (AvgIpc) is 2.49. The van der Waals surface area contributed by atoms with Gasteiger partial charge in [0.1, 0.15) is 0 Å². The maximum absolute atomic E-state index is 12.2. The van der Waals surface area contributed by atoms with Gasteiger partial charge in [0.15, 0.2) is 0 Å². The molecule has 0 saturated heterocycles. The third-order valence-electron chi connectivity index (χ3n) is 3.23. The van der Waals surface area contributed by atoms with Crippen LogP contribution in [0.15, 0.2) is 30.3 Å². The summed E-state index contributed by atoms with van der Waals surface area (Å²) >= 11 is 0. The quantitative estimate of drug-likeness (QED) is 0.598. The number of carbonyl (C=O) groups is 1. The molecule has 5 nitrogen and oxygen atoms in total. The van der Waals surface area contributed by atoms with Crippen LogP contribution < -0.4 is 11.5 Å². The molecular formula is C15H25N3O2. The Labute approximate surface area is 120 Å². The predicted molar refractivity (Wildman–Crippen MR) is 80.1 cm³/mol. The van der Waals surface area contributed by atoms with Crippen LogP contribution in [-0.4, -0.2) is 48.2 Å². The second-order valence-corrected chi connectivity index (χ2v) is 4.82. The van der Waals surface area contributed by atoms with Crippen molar-refractivity contribution in [2.75, 3.05) is 26.2 Å². The van der Waals surface area contributed by atoms with Crippen molar-refractivity contribution in [3.63, 3.8) is 0 Å². The van der Waals surface area contributed by atoms with E-state index in [1.807, 2.05) is 30.3 Å². The van der Waals surface area contributed by atoms with Crippen LogP contribution in [0.5, 0.6) is 0 Å². The number of benzene rings is 1. The Morgan fingerprint density at radius 3 is 2.55 bits per heavy atom. The average molecular weight is 279 g/mol. The summed E-state index contributed by atoms with van der Waals surface area (Å²) in [6.07, 6.45) is 2.08. The van der Waals surface area contributed by atoms with Gasteiger partial charge in [-0.05, 0) is 31.4 Å². The minimum Gasteiger partial charge on any atom is -0.395 e. The molecule has 0 bridgehead atoms. The molecule has 1 aromatic rings. The first-order chi connectivity index (χ1) is 9.69. The fraction of sp³-hybridized carbons (Fsp3) is 0.533. The number of hydrogen-bond donors (Lipinski definition) is 3. The number of nitrogens with zero attached hydrogens (tertiary/aromatic N) is 1. The first-order valence-electron chi connectivity index (χ1n) is 7.08. The zero-order valence-corrected chi connectivity index (χ0v) is 11.9. The van der Waals surface area contributed by atoms with Gasteiger partial charge in [-0.1, -0.05) is 30.3 Å². The van der Waals surface area contributed by atoms with Crippen molar-refractivity contribution in [1.82, 2.24) is 4.90 Å². The molecule has 1 rings (SSSR count). The van der Waals surface area contributed by atoms with E-state index in [4.69, 9.17) is 16.6 Å². The summed E-state index contributed by atoms with van der Waals surface area (Å²) in [6, 6.07) is 9.43. The molecular weight excluding hydrogens is 254 g/mol. The molecule has 20 heavy (non-hydrogen) atoms. The fourth-order valence-electron chi connectivity index (χ4n) is 2.06. The molecule has 0 heterocycles. The van der Waals surface area contributed by atoms with Gasteiger partial charge in [-0.3, -0.25) is 4.79 Å². The van der Waals surface area contributed by atoms with Crippen LogP contribution in [0.1, 0.15) is 18.4 Å². The van der Waals surface area contributed by atoms with Gasteiger partial charge in [-0.25, -0.2) is 0 Å². The molecule has 0 aromatic heterocycles. The normalized spacial score (nSPS) is 12.2. The smallest absolute Gasteiger partial charge is 0.239 e. The van der Waals surface area contributed by atoms with E-state index in [1.165, 1.54) is 5.56 Å². The van der Waals surface area contributed by atoms with E-state index in [9.17, 15) is 4.79 Å². The van der Waals surface area contributed by atoms with E-state index in [0.29, 0.717) is 26.1 Å². The Balaban J connectivity index is 2.52. The molecule has 0 saturated carbocycles. The zero-order valence-electron chi connectivity index (χ0n) is 11.9. The minimum atomic E-state index is -0.527. The van der Waals surface area contributed by atoms with Gasteiger partial charge in [-0.15, -0.1) is 0 Å². The number of aliphatic hydroxyl groups excluding tert-OH is 1. The molecule has 0 aliphatic heterocycles. The van der Waals surface area contributed by atoms with Gasteiger partial charge in [0.05, 0.1) is 12.6 Å². The van der Waals surface area contributed by atoms with Crippen molar-refractivity contribution in [3.05, 3.63) is 35.9 Å². The number of nitrogens with two attached hydrogens (primary N) is 2. The van der Waals surface area contributed by atoms with Gasteiger partial charge >= 0.3 is 0 Å². The lowest BCUT2D eigenvalue weighted by Gasteiger charge is -2.25. The molecule has 0 spiro atoms. The molecule has 1 amide bonds. The number of rotatable bonds is 9. The molecule has 0 fully saturated rings. The third-order valence-corrected chi connectivity index (χ3v) is 3.23. The lowest BCUT2D eigenvalue weighted by Crippen LogP contribution is -2.45. The van der Waals surface area contributed by atoms with Crippen LogP contribution >= 0.6 is 0 Å². The largest absolute Gasteiger partial charge is 0.395 e. The summed E-state index contributed by atoms with van der Waals surface area (Å²) in [7, 11) is 0. The predicted octanol–water partition coefficient (Wildman–Crippen LogP) is 0.116. The van der Waals surface area contributed by atoms with Crippen molar-refractivity contribution in [1.29, 1.82) is 0 Å². The first kappa shape index (κ1) is 16.6. The maximum Gasteiger partial charge on any atom is 0.239 e.